The Labute approximate surface area is 156 Å². The lowest BCUT2D eigenvalue weighted by Gasteiger charge is -2.31. The van der Waals surface area contributed by atoms with Crippen LogP contribution in [-0.2, 0) is 25.6 Å². The maximum atomic E-state index is 6.07. The van der Waals surface area contributed by atoms with Gasteiger partial charge in [0.25, 0.3) is 0 Å². The molecule has 4 nitrogen and oxygen atoms in total. The molecule has 2 aromatic carbocycles. The molecule has 0 amide bonds. The van der Waals surface area contributed by atoms with Crippen LogP contribution in [0.1, 0.15) is 37.7 Å². The Balaban J connectivity index is 1.35. The lowest BCUT2D eigenvalue weighted by Crippen LogP contribution is -2.36. The summed E-state index contributed by atoms with van der Waals surface area (Å²) in [5.41, 5.74) is 2.23. The van der Waals surface area contributed by atoms with Crippen molar-refractivity contribution >= 4 is 0 Å². The van der Waals surface area contributed by atoms with E-state index in [9.17, 15) is 0 Å². The first-order valence-corrected chi connectivity index (χ1v) is 9.30. The molecule has 0 spiro atoms. The summed E-state index contributed by atoms with van der Waals surface area (Å²) in [6.07, 6.45) is 0.732. The van der Waals surface area contributed by atoms with Gasteiger partial charge < -0.3 is 18.9 Å². The van der Waals surface area contributed by atoms with Gasteiger partial charge in [0, 0.05) is 5.56 Å². The summed E-state index contributed by atoms with van der Waals surface area (Å²) < 4.78 is 23.6. The Kier molecular flexibility index (Phi) is 7.21. The Morgan fingerprint density at radius 2 is 1.50 bits per heavy atom. The first kappa shape index (κ1) is 19.1. The molecule has 0 bridgehead atoms. The van der Waals surface area contributed by atoms with Crippen LogP contribution in [0.3, 0.4) is 0 Å². The first-order valence-electron chi connectivity index (χ1n) is 9.30. The molecule has 4 heteroatoms. The molecule has 0 aromatic heterocycles. The predicted octanol–water partition coefficient (Wildman–Crippen LogP) is 4.50. The lowest BCUT2D eigenvalue weighted by atomic mass is 10.2. The van der Waals surface area contributed by atoms with Crippen molar-refractivity contribution in [3.05, 3.63) is 71.8 Å². The summed E-state index contributed by atoms with van der Waals surface area (Å²) in [5, 5.41) is 0. The van der Waals surface area contributed by atoms with Crippen LogP contribution in [0.2, 0.25) is 0 Å². The van der Waals surface area contributed by atoms with Crippen LogP contribution < -0.4 is 0 Å². The molecule has 0 saturated carbocycles. The van der Waals surface area contributed by atoms with Gasteiger partial charge in [-0.2, -0.15) is 0 Å². The van der Waals surface area contributed by atoms with Crippen LogP contribution in [0.5, 0.6) is 0 Å². The smallest absolute Gasteiger partial charge is 0.184 e. The molecular weight excluding hydrogens is 328 g/mol. The molecule has 1 aliphatic heterocycles. The van der Waals surface area contributed by atoms with Gasteiger partial charge in [0.2, 0.25) is 0 Å². The van der Waals surface area contributed by atoms with Crippen molar-refractivity contribution in [1.29, 1.82) is 0 Å². The van der Waals surface area contributed by atoms with Crippen LogP contribution in [0.25, 0.3) is 0 Å². The third-order valence-electron chi connectivity index (χ3n) is 4.40. The van der Waals surface area contributed by atoms with Crippen molar-refractivity contribution in [2.24, 2.45) is 0 Å². The average molecular weight is 356 g/mol. The number of rotatable bonds is 8. The van der Waals surface area contributed by atoms with Gasteiger partial charge in [0.05, 0.1) is 32.0 Å². The molecule has 1 aliphatic rings. The Morgan fingerprint density at radius 1 is 0.885 bits per heavy atom. The highest BCUT2D eigenvalue weighted by Crippen LogP contribution is 2.24. The summed E-state index contributed by atoms with van der Waals surface area (Å²) in [5.74, 6) is 0. The molecule has 0 aliphatic carbocycles. The van der Waals surface area contributed by atoms with Crippen LogP contribution in [-0.4, -0.2) is 31.5 Å². The van der Waals surface area contributed by atoms with Gasteiger partial charge >= 0.3 is 0 Å². The maximum Gasteiger partial charge on any atom is 0.184 e. The fourth-order valence-electron chi connectivity index (χ4n) is 3.10. The molecule has 140 valence electrons. The SMILES string of the molecule is CC(CC(C)OC1COC(c2ccccc2)OC1)OCc1ccccc1. The zero-order chi connectivity index (χ0) is 18.2. The van der Waals surface area contributed by atoms with Crippen LogP contribution >= 0.6 is 0 Å². The van der Waals surface area contributed by atoms with E-state index >= 15 is 0 Å². The highest BCUT2D eigenvalue weighted by Gasteiger charge is 2.25. The monoisotopic (exact) mass is 356 g/mol. The largest absolute Gasteiger partial charge is 0.374 e. The van der Waals surface area contributed by atoms with E-state index in [1.165, 1.54) is 5.56 Å². The maximum absolute atomic E-state index is 6.07. The van der Waals surface area contributed by atoms with Crippen LogP contribution in [0, 0.1) is 0 Å². The minimum atomic E-state index is -0.292. The van der Waals surface area contributed by atoms with Gasteiger partial charge in [-0.15, -0.1) is 0 Å². The van der Waals surface area contributed by atoms with E-state index < -0.39 is 0 Å². The van der Waals surface area contributed by atoms with Gasteiger partial charge in [-0.05, 0) is 25.8 Å². The van der Waals surface area contributed by atoms with E-state index in [-0.39, 0.29) is 24.6 Å². The topological polar surface area (TPSA) is 36.9 Å². The summed E-state index contributed by atoms with van der Waals surface area (Å²) in [6, 6.07) is 20.2. The third kappa shape index (κ3) is 5.92. The highest BCUT2D eigenvalue weighted by atomic mass is 16.7. The van der Waals surface area contributed by atoms with Crippen molar-refractivity contribution in [3.63, 3.8) is 0 Å². The summed E-state index contributed by atoms with van der Waals surface area (Å²) in [6.45, 7) is 5.88. The van der Waals surface area contributed by atoms with Gasteiger partial charge in [0.15, 0.2) is 6.29 Å². The number of hydrogen-bond donors (Lipinski definition) is 0. The molecule has 2 aromatic rings. The number of benzene rings is 2. The Morgan fingerprint density at radius 3 is 2.15 bits per heavy atom. The van der Waals surface area contributed by atoms with E-state index in [0.717, 1.165) is 12.0 Å². The van der Waals surface area contributed by atoms with Crippen LogP contribution in [0.4, 0.5) is 0 Å². The molecule has 3 rings (SSSR count). The van der Waals surface area contributed by atoms with Gasteiger partial charge in [-0.3, -0.25) is 0 Å². The van der Waals surface area contributed by atoms with Crippen molar-refractivity contribution in [1.82, 2.24) is 0 Å². The van der Waals surface area contributed by atoms with Gasteiger partial charge in [-0.1, -0.05) is 60.7 Å². The quantitative estimate of drug-likeness (QED) is 0.698. The fraction of sp³-hybridized carbons (Fsp3) is 0.455. The van der Waals surface area contributed by atoms with E-state index in [1.807, 2.05) is 48.5 Å². The number of hydrogen-bond acceptors (Lipinski definition) is 4. The van der Waals surface area contributed by atoms with E-state index in [4.69, 9.17) is 18.9 Å². The summed E-state index contributed by atoms with van der Waals surface area (Å²) in [7, 11) is 0. The van der Waals surface area contributed by atoms with Gasteiger partial charge in [0.1, 0.15) is 6.10 Å². The Bertz CT molecular complexity index is 623. The summed E-state index contributed by atoms with van der Waals surface area (Å²) >= 11 is 0. The standard InChI is InChI=1S/C22H28O4/c1-17(23-14-19-9-5-3-6-10-19)13-18(2)26-21-15-24-22(25-16-21)20-11-7-4-8-12-20/h3-12,17-18,21-22H,13-16H2,1-2H3. The highest BCUT2D eigenvalue weighted by molar-refractivity contribution is 5.16. The second kappa shape index (κ2) is 9.83. The van der Waals surface area contributed by atoms with E-state index in [2.05, 4.69) is 26.0 Å². The zero-order valence-corrected chi connectivity index (χ0v) is 15.5. The third-order valence-corrected chi connectivity index (χ3v) is 4.40. The van der Waals surface area contributed by atoms with E-state index in [0.29, 0.717) is 19.8 Å². The molecule has 26 heavy (non-hydrogen) atoms. The minimum absolute atomic E-state index is 0.0358. The van der Waals surface area contributed by atoms with Crippen molar-refractivity contribution in [2.75, 3.05) is 13.2 Å². The predicted molar refractivity (Wildman–Crippen MR) is 101 cm³/mol. The molecule has 0 N–H and O–H groups in total. The van der Waals surface area contributed by atoms with Crippen LogP contribution in [0.15, 0.2) is 60.7 Å². The first-order chi connectivity index (χ1) is 12.7. The minimum Gasteiger partial charge on any atom is -0.374 e. The van der Waals surface area contributed by atoms with E-state index in [1.54, 1.807) is 0 Å². The van der Waals surface area contributed by atoms with Crippen molar-refractivity contribution in [2.45, 2.75) is 51.5 Å². The second-order valence-corrected chi connectivity index (χ2v) is 6.82. The molecule has 1 fully saturated rings. The van der Waals surface area contributed by atoms with Crippen molar-refractivity contribution < 1.29 is 18.9 Å². The fourth-order valence-corrected chi connectivity index (χ4v) is 3.10. The molecule has 0 radical (unpaired) electrons. The summed E-state index contributed by atoms with van der Waals surface area (Å²) in [4.78, 5) is 0. The van der Waals surface area contributed by atoms with Crippen molar-refractivity contribution in [3.8, 4) is 0 Å². The molecule has 2 atom stereocenters. The number of ether oxygens (including phenoxy) is 4. The molecular formula is C22H28O4. The normalized spacial score (nSPS) is 22.7. The Hall–Kier alpha value is -1.72. The zero-order valence-electron chi connectivity index (χ0n) is 15.5. The lowest BCUT2D eigenvalue weighted by molar-refractivity contribution is -0.238. The molecule has 1 heterocycles. The second-order valence-electron chi connectivity index (χ2n) is 6.82. The average Bonchev–Trinajstić information content (AvgIpc) is 2.68. The molecule has 2 unspecified atom stereocenters. The van der Waals surface area contributed by atoms with Gasteiger partial charge in [-0.25, -0.2) is 0 Å². The molecule has 1 saturated heterocycles.